The highest BCUT2D eigenvalue weighted by atomic mass is 15.2. The summed E-state index contributed by atoms with van der Waals surface area (Å²) in [4.78, 5) is 2.90. The van der Waals surface area contributed by atoms with Crippen LogP contribution in [-0.4, -0.2) is 24.0 Å². The van der Waals surface area contributed by atoms with E-state index in [-0.39, 0.29) is 0 Å². The maximum Gasteiger partial charge on any atom is 0.0206 e. The van der Waals surface area contributed by atoms with Gasteiger partial charge >= 0.3 is 0 Å². The lowest BCUT2D eigenvalue weighted by Crippen LogP contribution is -2.63. The lowest BCUT2D eigenvalue weighted by atomic mass is 9.40. The van der Waals surface area contributed by atoms with E-state index in [2.05, 4.69) is 49.9 Å². The van der Waals surface area contributed by atoms with E-state index in [4.69, 9.17) is 0 Å². The minimum absolute atomic E-state index is 0.461. The van der Waals surface area contributed by atoms with Crippen molar-refractivity contribution in [1.29, 1.82) is 0 Å². The monoisotopic (exact) mass is 309 g/mol. The topological polar surface area (TPSA) is 3.24 Å². The third kappa shape index (κ3) is 1.78. The van der Waals surface area contributed by atoms with Gasteiger partial charge in [0.15, 0.2) is 0 Å². The molecule has 0 aromatic heterocycles. The summed E-state index contributed by atoms with van der Waals surface area (Å²) in [5.74, 6) is 4.27. The van der Waals surface area contributed by atoms with Gasteiger partial charge in [-0.15, -0.1) is 0 Å². The Morgan fingerprint density at radius 1 is 1.00 bits per heavy atom. The molecule has 1 heteroatoms. The fourth-order valence-electron chi connectivity index (χ4n) is 7.31. The zero-order valence-corrected chi connectivity index (χ0v) is 15.0. The molecule has 1 saturated heterocycles. The highest BCUT2D eigenvalue weighted by molar-refractivity contribution is 5.45. The predicted molar refractivity (Wildman–Crippen MR) is 95.7 cm³/mol. The van der Waals surface area contributed by atoms with Crippen LogP contribution < -0.4 is 0 Å². The van der Waals surface area contributed by atoms with Gasteiger partial charge in [-0.3, -0.25) is 4.90 Å². The number of nitrogens with zero attached hydrogens (tertiary/aromatic N) is 1. The average molecular weight is 309 g/mol. The summed E-state index contributed by atoms with van der Waals surface area (Å²) < 4.78 is 0. The quantitative estimate of drug-likeness (QED) is 0.703. The van der Waals surface area contributed by atoms with Crippen molar-refractivity contribution in [2.45, 2.75) is 64.3 Å². The van der Waals surface area contributed by atoms with Gasteiger partial charge in [0.1, 0.15) is 0 Å². The minimum Gasteiger partial charge on any atom is -0.299 e. The third-order valence-electron chi connectivity index (χ3n) is 8.18. The molecule has 1 unspecified atom stereocenters. The van der Waals surface area contributed by atoms with Crippen molar-refractivity contribution in [1.82, 2.24) is 4.90 Å². The second-order valence-electron chi connectivity index (χ2n) is 9.43. The summed E-state index contributed by atoms with van der Waals surface area (Å²) in [5, 5.41) is 0. The highest BCUT2D eigenvalue weighted by Crippen LogP contribution is 2.69. The van der Waals surface area contributed by atoms with E-state index in [0.29, 0.717) is 5.41 Å². The Morgan fingerprint density at radius 2 is 1.70 bits per heavy atom. The van der Waals surface area contributed by atoms with Gasteiger partial charge in [-0.2, -0.15) is 0 Å². The summed E-state index contributed by atoms with van der Waals surface area (Å²) >= 11 is 0. The lowest BCUT2D eigenvalue weighted by molar-refractivity contribution is -0.0931. The minimum atomic E-state index is 0.461. The molecule has 1 heterocycles. The fraction of sp³-hybridized carbons (Fsp3) is 0.727. The molecule has 1 aromatic rings. The van der Waals surface area contributed by atoms with Crippen molar-refractivity contribution in [2.75, 3.05) is 13.1 Å². The van der Waals surface area contributed by atoms with Crippen LogP contribution in [0.3, 0.4) is 0 Å². The molecular weight excluding hydrogens is 278 g/mol. The second kappa shape index (κ2) is 4.85. The Kier molecular flexibility index (Phi) is 3.06. The second-order valence-corrected chi connectivity index (χ2v) is 9.43. The number of benzene rings is 1. The molecule has 124 valence electrons. The molecule has 0 N–H and O–H groups in total. The van der Waals surface area contributed by atoms with Gasteiger partial charge in [-0.1, -0.05) is 51.5 Å². The van der Waals surface area contributed by atoms with Crippen molar-refractivity contribution < 1.29 is 0 Å². The van der Waals surface area contributed by atoms with Crippen molar-refractivity contribution in [3.05, 3.63) is 35.4 Å². The van der Waals surface area contributed by atoms with Gasteiger partial charge in [0, 0.05) is 12.0 Å². The zero-order valence-electron chi connectivity index (χ0n) is 15.0. The van der Waals surface area contributed by atoms with Gasteiger partial charge in [0.05, 0.1) is 0 Å². The van der Waals surface area contributed by atoms with E-state index in [1.54, 1.807) is 11.1 Å². The predicted octanol–water partition coefficient (Wildman–Crippen LogP) is 5.03. The molecule has 0 amide bonds. The Labute approximate surface area is 141 Å². The largest absolute Gasteiger partial charge is 0.299 e. The van der Waals surface area contributed by atoms with Crippen LogP contribution in [0.15, 0.2) is 24.3 Å². The van der Waals surface area contributed by atoms with Gasteiger partial charge in [0.2, 0.25) is 0 Å². The average Bonchev–Trinajstić information content (AvgIpc) is 3.07. The van der Waals surface area contributed by atoms with E-state index in [9.17, 15) is 0 Å². The number of likely N-dealkylation sites (tertiary alicyclic amines) is 1. The summed E-state index contributed by atoms with van der Waals surface area (Å²) in [5.41, 5.74) is 3.90. The standard InChI is InChI=1S/C22H31N/c1-14-10-11-17-19-15-8-4-5-9-16(15)20(22(17,2)3)21(18(14)19)23-12-6-7-13-23/h4-5,8-9,14,17-21H,6-7,10-13H2,1-3H3/t14-,17+,18-,19+,20+,21?/m0/s1. The summed E-state index contributed by atoms with van der Waals surface area (Å²) in [6, 6.07) is 10.3. The van der Waals surface area contributed by atoms with Crippen LogP contribution in [0.25, 0.3) is 0 Å². The first-order chi connectivity index (χ1) is 11.1. The molecule has 23 heavy (non-hydrogen) atoms. The summed E-state index contributed by atoms with van der Waals surface area (Å²) in [6.07, 6.45) is 5.74. The van der Waals surface area contributed by atoms with Crippen molar-refractivity contribution >= 4 is 0 Å². The molecule has 1 aromatic carbocycles. The molecular formula is C22H31N. The molecule has 2 saturated carbocycles. The highest BCUT2D eigenvalue weighted by Gasteiger charge is 2.63. The van der Waals surface area contributed by atoms with Crippen LogP contribution in [0.1, 0.15) is 69.4 Å². The molecule has 0 radical (unpaired) electrons. The fourth-order valence-corrected chi connectivity index (χ4v) is 7.31. The molecule has 4 bridgehead atoms. The van der Waals surface area contributed by atoms with E-state index >= 15 is 0 Å². The van der Waals surface area contributed by atoms with E-state index in [1.807, 2.05) is 0 Å². The number of rotatable bonds is 1. The molecule has 1 aliphatic heterocycles. The molecule has 3 fully saturated rings. The maximum absolute atomic E-state index is 2.90. The van der Waals surface area contributed by atoms with Crippen LogP contribution in [0.5, 0.6) is 0 Å². The van der Waals surface area contributed by atoms with Gasteiger partial charge in [0.25, 0.3) is 0 Å². The number of hydrogen-bond donors (Lipinski definition) is 0. The molecule has 0 spiro atoms. The first-order valence-electron chi connectivity index (χ1n) is 9.93. The van der Waals surface area contributed by atoms with Gasteiger partial charge in [-0.25, -0.2) is 0 Å². The molecule has 6 rings (SSSR count). The first kappa shape index (κ1) is 14.5. The normalized spacial score (nSPS) is 44.3. The third-order valence-corrected chi connectivity index (χ3v) is 8.18. The smallest absolute Gasteiger partial charge is 0.0206 e. The van der Waals surface area contributed by atoms with Gasteiger partial charge < -0.3 is 0 Å². The van der Waals surface area contributed by atoms with Crippen LogP contribution in [0.4, 0.5) is 0 Å². The van der Waals surface area contributed by atoms with Crippen LogP contribution in [-0.2, 0) is 0 Å². The Morgan fingerprint density at radius 3 is 2.43 bits per heavy atom. The Bertz CT molecular complexity index is 612. The summed E-state index contributed by atoms with van der Waals surface area (Å²) in [6.45, 7) is 10.4. The van der Waals surface area contributed by atoms with Gasteiger partial charge in [-0.05, 0) is 72.6 Å². The molecule has 1 nitrogen and oxygen atoms in total. The zero-order chi connectivity index (χ0) is 15.8. The van der Waals surface area contributed by atoms with E-state index < -0.39 is 0 Å². The van der Waals surface area contributed by atoms with Crippen LogP contribution >= 0.6 is 0 Å². The first-order valence-corrected chi connectivity index (χ1v) is 9.93. The molecule has 6 atom stereocenters. The Balaban J connectivity index is 1.72. The molecule has 4 aliphatic carbocycles. The SMILES string of the molecule is C[C@H]1CC[C@@H]2[C@H]3c4ccccc4[C@H](C(N4CCCC4)[C@H]31)C2(C)C. The lowest BCUT2D eigenvalue weighted by Gasteiger charge is -2.67. The molecule has 5 aliphatic rings. The number of hydrogen-bond acceptors (Lipinski definition) is 1. The van der Waals surface area contributed by atoms with Crippen LogP contribution in [0, 0.1) is 23.2 Å². The van der Waals surface area contributed by atoms with E-state index in [1.165, 1.54) is 38.8 Å². The maximum atomic E-state index is 2.90. The van der Waals surface area contributed by atoms with Crippen molar-refractivity contribution in [3.63, 3.8) is 0 Å². The van der Waals surface area contributed by atoms with Crippen molar-refractivity contribution in [3.8, 4) is 0 Å². The summed E-state index contributed by atoms with van der Waals surface area (Å²) in [7, 11) is 0. The van der Waals surface area contributed by atoms with E-state index in [0.717, 1.165) is 35.6 Å². The van der Waals surface area contributed by atoms with Crippen molar-refractivity contribution in [2.24, 2.45) is 23.2 Å². The Hall–Kier alpha value is -0.820. The van der Waals surface area contributed by atoms with Crippen LogP contribution in [0.2, 0.25) is 0 Å².